The van der Waals surface area contributed by atoms with Gasteiger partial charge in [0.15, 0.2) is 0 Å². The minimum atomic E-state index is -0.679. The van der Waals surface area contributed by atoms with Crippen LogP contribution in [-0.2, 0) is 14.3 Å². The van der Waals surface area contributed by atoms with Gasteiger partial charge in [0.1, 0.15) is 18.0 Å². The lowest BCUT2D eigenvalue weighted by Gasteiger charge is -2.19. The zero-order valence-corrected chi connectivity index (χ0v) is 17.0. The van der Waals surface area contributed by atoms with Crippen molar-refractivity contribution in [2.45, 2.75) is 26.4 Å². The Morgan fingerprint density at radius 3 is 2.23 bits per heavy atom. The number of halogens is 1. The van der Waals surface area contributed by atoms with E-state index in [1.54, 1.807) is 57.2 Å². The minimum absolute atomic E-state index is 0.238. The molecule has 0 bridgehead atoms. The zero-order chi connectivity index (χ0) is 22.1. The van der Waals surface area contributed by atoms with Crippen molar-refractivity contribution in [1.82, 2.24) is 5.32 Å². The van der Waals surface area contributed by atoms with Crippen molar-refractivity contribution in [1.29, 1.82) is 0 Å². The minimum Gasteiger partial charge on any atom is -0.444 e. The predicted molar refractivity (Wildman–Crippen MR) is 113 cm³/mol. The number of hydrogen-bond acceptors (Lipinski definition) is 4. The number of rotatable bonds is 6. The van der Waals surface area contributed by atoms with Crippen LogP contribution in [0.4, 0.5) is 20.6 Å². The normalized spacial score (nSPS) is 11.1. The van der Waals surface area contributed by atoms with Gasteiger partial charge in [-0.3, -0.25) is 9.59 Å². The first-order chi connectivity index (χ1) is 14.1. The van der Waals surface area contributed by atoms with Crippen LogP contribution in [0.2, 0.25) is 0 Å². The van der Waals surface area contributed by atoms with Crippen molar-refractivity contribution < 1.29 is 23.5 Å². The Morgan fingerprint density at radius 1 is 1.00 bits per heavy atom. The number of carbonyl (C=O) groups excluding carboxylic acids is 3. The summed E-state index contributed by atoms with van der Waals surface area (Å²) < 4.78 is 18.2. The van der Waals surface area contributed by atoms with E-state index >= 15 is 0 Å². The first-order valence-electron chi connectivity index (χ1n) is 9.22. The van der Waals surface area contributed by atoms with E-state index in [-0.39, 0.29) is 18.3 Å². The van der Waals surface area contributed by atoms with Gasteiger partial charge in [-0.2, -0.15) is 0 Å². The molecule has 0 spiro atoms. The highest BCUT2D eigenvalue weighted by Gasteiger charge is 2.16. The molecular weight excluding hydrogens is 389 g/mol. The Balaban J connectivity index is 1.80. The van der Waals surface area contributed by atoms with Gasteiger partial charge in [0, 0.05) is 17.5 Å². The van der Waals surface area contributed by atoms with Crippen molar-refractivity contribution in [3.05, 3.63) is 66.0 Å². The van der Waals surface area contributed by atoms with Crippen LogP contribution in [0.3, 0.4) is 0 Å². The van der Waals surface area contributed by atoms with Gasteiger partial charge >= 0.3 is 6.09 Å². The fourth-order valence-electron chi connectivity index (χ4n) is 2.27. The maximum absolute atomic E-state index is 13.1. The molecule has 0 aliphatic heterocycles. The zero-order valence-electron chi connectivity index (χ0n) is 17.0. The molecule has 0 fully saturated rings. The Hall–Kier alpha value is -3.68. The molecule has 158 valence electrons. The molecule has 0 unspecified atom stereocenters. The summed E-state index contributed by atoms with van der Waals surface area (Å²) >= 11 is 0. The lowest BCUT2D eigenvalue weighted by Crippen LogP contribution is -2.37. The van der Waals surface area contributed by atoms with E-state index in [2.05, 4.69) is 16.0 Å². The Labute approximate surface area is 174 Å². The maximum Gasteiger partial charge on any atom is 0.408 e. The quantitative estimate of drug-likeness (QED) is 0.625. The maximum atomic E-state index is 13.1. The number of benzene rings is 2. The molecule has 3 amide bonds. The van der Waals surface area contributed by atoms with Crippen molar-refractivity contribution >= 4 is 35.4 Å². The lowest BCUT2D eigenvalue weighted by molar-refractivity contribution is -0.115. The van der Waals surface area contributed by atoms with Crippen LogP contribution < -0.4 is 16.0 Å². The molecular formula is C22H24FN3O4. The van der Waals surface area contributed by atoms with Crippen LogP contribution in [0.5, 0.6) is 0 Å². The average molecular weight is 413 g/mol. The van der Waals surface area contributed by atoms with Gasteiger partial charge in [0.25, 0.3) is 0 Å². The second kappa shape index (κ2) is 10.2. The molecule has 2 aromatic rings. The molecule has 2 rings (SSSR count). The highest BCUT2D eigenvalue weighted by molar-refractivity contribution is 6.02. The molecule has 3 N–H and O–H groups in total. The SMILES string of the molecule is CC(C)(C)OC(=O)NCC(=O)Nc1ccc(NC(=O)/C=C/c2cccc(F)c2)cc1. The topological polar surface area (TPSA) is 96.5 Å². The summed E-state index contributed by atoms with van der Waals surface area (Å²) in [4.78, 5) is 35.4. The van der Waals surface area contributed by atoms with E-state index in [9.17, 15) is 18.8 Å². The summed E-state index contributed by atoms with van der Waals surface area (Å²) in [6.45, 7) is 4.94. The van der Waals surface area contributed by atoms with E-state index < -0.39 is 17.6 Å². The van der Waals surface area contributed by atoms with Crippen LogP contribution in [0, 0.1) is 5.82 Å². The molecule has 0 saturated heterocycles. The van der Waals surface area contributed by atoms with Crippen LogP contribution in [0.15, 0.2) is 54.6 Å². The molecule has 0 aromatic heterocycles. The molecule has 0 radical (unpaired) electrons. The van der Waals surface area contributed by atoms with Crippen LogP contribution in [0.1, 0.15) is 26.3 Å². The smallest absolute Gasteiger partial charge is 0.408 e. The first-order valence-corrected chi connectivity index (χ1v) is 9.22. The third-order valence-corrected chi connectivity index (χ3v) is 3.50. The van der Waals surface area contributed by atoms with Gasteiger partial charge in [-0.05, 0) is 68.8 Å². The fourth-order valence-corrected chi connectivity index (χ4v) is 2.27. The van der Waals surface area contributed by atoms with Crippen molar-refractivity contribution in [3.8, 4) is 0 Å². The Bertz CT molecular complexity index is 934. The van der Waals surface area contributed by atoms with Gasteiger partial charge in [-0.15, -0.1) is 0 Å². The number of carbonyl (C=O) groups is 3. The van der Waals surface area contributed by atoms with Gasteiger partial charge in [0.2, 0.25) is 11.8 Å². The number of nitrogens with one attached hydrogen (secondary N) is 3. The average Bonchev–Trinajstić information content (AvgIpc) is 2.65. The number of amides is 3. The summed E-state index contributed by atoms with van der Waals surface area (Å²) in [6, 6.07) is 12.3. The number of alkyl carbamates (subject to hydrolysis) is 1. The summed E-state index contributed by atoms with van der Waals surface area (Å²) in [5, 5.41) is 7.65. The molecule has 2 aromatic carbocycles. The van der Waals surface area contributed by atoms with E-state index in [4.69, 9.17) is 4.74 Å². The first kappa shape index (κ1) is 22.6. The van der Waals surface area contributed by atoms with Gasteiger partial charge in [-0.1, -0.05) is 12.1 Å². The second-order valence-electron chi connectivity index (χ2n) is 7.36. The number of anilines is 2. The number of ether oxygens (including phenoxy) is 1. The van der Waals surface area contributed by atoms with E-state index in [0.29, 0.717) is 16.9 Å². The summed E-state index contributed by atoms with van der Waals surface area (Å²) in [5.41, 5.74) is 0.948. The molecule has 0 atom stereocenters. The van der Waals surface area contributed by atoms with E-state index in [1.807, 2.05) is 0 Å². The van der Waals surface area contributed by atoms with Crippen molar-refractivity contribution in [2.75, 3.05) is 17.2 Å². The molecule has 0 saturated carbocycles. The standard InChI is InChI=1S/C22H24FN3O4/c1-22(2,3)30-21(29)24-14-20(28)26-18-10-8-17(9-11-18)25-19(27)12-7-15-5-4-6-16(23)13-15/h4-13H,14H2,1-3H3,(H,24,29)(H,25,27)(H,26,28)/b12-7+. The molecule has 0 aliphatic rings. The van der Waals surface area contributed by atoms with Crippen LogP contribution >= 0.6 is 0 Å². The Kier molecular flexibility index (Phi) is 7.69. The van der Waals surface area contributed by atoms with Crippen molar-refractivity contribution in [2.24, 2.45) is 0 Å². The van der Waals surface area contributed by atoms with E-state index in [0.717, 1.165) is 0 Å². The molecule has 7 nitrogen and oxygen atoms in total. The Morgan fingerprint density at radius 2 is 1.63 bits per heavy atom. The fraction of sp³-hybridized carbons (Fsp3) is 0.227. The highest BCUT2D eigenvalue weighted by atomic mass is 19.1. The summed E-state index contributed by atoms with van der Waals surface area (Å²) in [7, 11) is 0. The third kappa shape index (κ3) is 8.55. The van der Waals surface area contributed by atoms with Gasteiger partial charge in [-0.25, -0.2) is 9.18 Å². The predicted octanol–water partition coefficient (Wildman–Crippen LogP) is 3.94. The third-order valence-electron chi connectivity index (χ3n) is 3.50. The van der Waals surface area contributed by atoms with Gasteiger partial charge in [0.05, 0.1) is 0 Å². The summed E-state index contributed by atoms with van der Waals surface area (Å²) in [5.74, 6) is -1.18. The highest BCUT2D eigenvalue weighted by Crippen LogP contribution is 2.14. The van der Waals surface area contributed by atoms with Gasteiger partial charge < -0.3 is 20.7 Å². The number of hydrogen-bond donors (Lipinski definition) is 3. The second-order valence-corrected chi connectivity index (χ2v) is 7.36. The lowest BCUT2D eigenvalue weighted by atomic mass is 10.2. The molecule has 0 aliphatic carbocycles. The van der Waals surface area contributed by atoms with Crippen LogP contribution in [0.25, 0.3) is 6.08 Å². The monoisotopic (exact) mass is 413 g/mol. The largest absolute Gasteiger partial charge is 0.444 e. The van der Waals surface area contributed by atoms with Crippen molar-refractivity contribution in [3.63, 3.8) is 0 Å². The molecule has 0 heterocycles. The molecule has 8 heteroatoms. The summed E-state index contributed by atoms with van der Waals surface area (Å²) in [6.07, 6.45) is 2.12. The molecule has 30 heavy (non-hydrogen) atoms. The van der Waals surface area contributed by atoms with E-state index in [1.165, 1.54) is 24.3 Å². The van der Waals surface area contributed by atoms with Crippen LogP contribution in [-0.4, -0.2) is 30.1 Å².